The van der Waals surface area contributed by atoms with Crippen LogP contribution in [-0.4, -0.2) is 31.8 Å². The molecule has 2 heteroatoms. The highest BCUT2D eigenvalue weighted by atomic mass is 16.1. The number of piperidine rings is 1. The minimum absolute atomic E-state index is 1.03. The van der Waals surface area contributed by atoms with Crippen LogP contribution in [0.2, 0.25) is 0 Å². The Morgan fingerprint density at radius 3 is 1.79 bits per heavy atom. The van der Waals surface area contributed by atoms with E-state index in [0.29, 0.717) is 0 Å². The number of rotatable bonds is 1. The average molecular weight is 201 g/mol. The van der Waals surface area contributed by atoms with Crippen LogP contribution in [0.15, 0.2) is 0 Å². The lowest BCUT2D eigenvalue weighted by Gasteiger charge is -2.27. The van der Waals surface area contributed by atoms with Gasteiger partial charge in [0.05, 0.1) is 0 Å². The summed E-state index contributed by atoms with van der Waals surface area (Å²) in [5.41, 5.74) is 0. The van der Waals surface area contributed by atoms with Crippen molar-refractivity contribution < 1.29 is 4.79 Å². The number of likely N-dealkylation sites (tertiary alicyclic amines) is 1. The summed E-state index contributed by atoms with van der Waals surface area (Å²) in [6.07, 6.45) is 5.48. The van der Waals surface area contributed by atoms with Crippen molar-refractivity contribution in [3.63, 3.8) is 0 Å². The van der Waals surface area contributed by atoms with Crippen LogP contribution in [0.3, 0.4) is 0 Å². The molecule has 14 heavy (non-hydrogen) atoms. The van der Waals surface area contributed by atoms with Crippen LogP contribution in [0.25, 0.3) is 0 Å². The molecule has 0 unspecified atom stereocenters. The van der Waals surface area contributed by atoms with Gasteiger partial charge in [-0.3, -0.25) is 0 Å². The first-order valence-electron chi connectivity index (χ1n) is 5.71. The quantitative estimate of drug-likeness (QED) is 0.650. The molecule has 0 aromatic carbocycles. The molecule has 86 valence electrons. The molecule has 0 aromatic rings. The highest BCUT2D eigenvalue weighted by Crippen LogP contribution is 2.18. The van der Waals surface area contributed by atoms with Gasteiger partial charge in [0, 0.05) is 0 Å². The van der Waals surface area contributed by atoms with Crippen LogP contribution in [0, 0.1) is 5.92 Å². The standard InChI is InChI=1S/C8H17N.C3H8.CH2O/c1-3-8-4-6-9(2)7-5-8;1-3-2;1-2/h8H,3-7H2,1-2H3;3H2,1-2H3;1H2. The zero-order valence-corrected chi connectivity index (χ0v) is 10.4. The lowest BCUT2D eigenvalue weighted by atomic mass is 9.95. The highest BCUT2D eigenvalue weighted by Gasteiger charge is 2.13. The summed E-state index contributed by atoms with van der Waals surface area (Å²) in [4.78, 5) is 10.4. The van der Waals surface area contributed by atoms with Gasteiger partial charge in [0.2, 0.25) is 0 Å². The second-order valence-corrected chi connectivity index (χ2v) is 3.86. The summed E-state index contributed by atoms with van der Waals surface area (Å²) in [6, 6.07) is 0. The maximum Gasteiger partial charge on any atom is 0.106 e. The summed E-state index contributed by atoms with van der Waals surface area (Å²) in [7, 11) is 2.21. The average Bonchev–Trinajstić information content (AvgIpc) is 2.23. The maximum absolute atomic E-state index is 8.00. The first kappa shape index (κ1) is 16.1. The van der Waals surface area contributed by atoms with Gasteiger partial charge in [-0.15, -0.1) is 0 Å². The first-order valence-corrected chi connectivity index (χ1v) is 5.71. The van der Waals surface area contributed by atoms with Crippen LogP contribution in [0.4, 0.5) is 0 Å². The molecule has 1 saturated heterocycles. The zero-order valence-electron chi connectivity index (χ0n) is 10.4. The smallest absolute Gasteiger partial charge is 0.106 e. The summed E-state index contributed by atoms with van der Waals surface area (Å²) < 4.78 is 0. The van der Waals surface area contributed by atoms with E-state index in [0.717, 1.165) is 5.92 Å². The Bertz CT molecular complexity index is 98.5. The largest absolute Gasteiger partial charge is 0.307 e. The summed E-state index contributed by atoms with van der Waals surface area (Å²) >= 11 is 0. The van der Waals surface area contributed by atoms with Crippen LogP contribution < -0.4 is 0 Å². The van der Waals surface area contributed by atoms with Gasteiger partial charge in [-0.25, -0.2) is 0 Å². The van der Waals surface area contributed by atoms with Gasteiger partial charge in [0.1, 0.15) is 6.79 Å². The van der Waals surface area contributed by atoms with Crippen molar-refractivity contribution in [1.82, 2.24) is 4.90 Å². The van der Waals surface area contributed by atoms with E-state index in [-0.39, 0.29) is 0 Å². The molecular weight excluding hydrogens is 174 g/mol. The number of carbonyl (C=O) groups is 1. The van der Waals surface area contributed by atoms with Crippen molar-refractivity contribution in [2.24, 2.45) is 5.92 Å². The van der Waals surface area contributed by atoms with E-state index in [1.807, 2.05) is 6.79 Å². The van der Waals surface area contributed by atoms with Crippen molar-refractivity contribution in [2.45, 2.75) is 46.5 Å². The third kappa shape index (κ3) is 9.72. The molecule has 1 rings (SSSR count). The molecule has 0 aromatic heterocycles. The second-order valence-electron chi connectivity index (χ2n) is 3.86. The molecule has 0 amide bonds. The Balaban J connectivity index is 0. The van der Waals surface area contributed by atoms with E-state index < -0.39 is 0 Å². The highest BCUT2D eigenvalue weighted by molar-refractivity contribution is 5.10. The predicted molar refractivity (Wildman–Crippen MR) is 63.6 cm³/mol. The first-order chi connectivity index (χ1) is 6.74. The zero-order chi connectivity index (χ0) is 11.4. The third-order valence-corrected chi connectivity index (χ3v) is 2.42. The molecule has 1 fully saturated rings. The van der Waals surface area contributed by atoms with E-state index in [4.69, 9.17) is 4.79 Å². The third-order valence-electron chi connectivity index (χ3n) is 2.42. The number of nitrogens with zero attached hydrogens (tertiary/aromatic N) is 1. The SMILES string of the molecule is C=O.CCC.CCC1CCN(C)CC1. The van der Waals surface area contributed by atoms with Gasteiger partial charge < -0.3 is 9.69 Å². The Hall–Kier alpha value is -0.370. The molecule has 0 saturated carbocycles. The lowest BCUT2D eigenvalue weighted by Crippen LogP contribution is -2.29. The summed E-state index contributed by atoms with van der Waals surface area (Å²) in [5, 5.41) is 0. The summed E-state index contributed by atoms with van der Waals surface area (Å²) in [6.45, 7) is 11.2. The van der Waals surface area contributed by atoms with Gasteiger partial charge in [-0.2, -0.15) is 0 Å². The van der Waals surface area contributed by atoms with E-state index in [1.165, 1.54) is 38.8 Å². The molecule has 1 heterocycles. The molecule has 2 nitrogen and oxygen atoms in total. The number of hydrogen-bond acceptors (Lipinski definition) is 2. The van der Waals surface area contributed by atoms with E-state index in [1.54, 1.807) is 0 Å². The van der Waals surface area contributed by atoms with Crippen molar-refractivity contribution in [3.8, 4) is 0 Å². The summed E-state index contributed by atoms with van der Waals surface area (Å²) in [5.74, 6) is 1.03. The molecule has 0 spiro atoms. The predicted octanol–water partition coefficient (Wildman–Crippen LogP) is 2.97. The Labute approximate surface area is 89.7 Å². The van der Waals surface area contributed by atoms with Crippen molar-refractivity contribution in [1.29, 1.82) is 0 Å². The molecule has 0 N–H and O–H groups in total. The lowest BCUT2D eigenvalue weighted by molar-refractivity contribution is -0.0979. The van der Waals surface area contributed by atoms with E-state index >= 15 is 0 Å². The fourth-order valence-corrected chi connectivity index (χ4v) is 1.47. The van der Waals surface area contributed by atoms with Crippen LogP contribution >= 0.6 is 0 Å². The minimum Gasteiger partial charge on any atom is -0.307 e. The van der Waals surface area contributed by atoms with Gasteiger partial charge in [-0.05, 0) is 38.9 Å². The fraction of sp³-hybridized carbons (Fsp3) is 0.917. The molecule has 1 aliphatic rings. The van der Waals surface area contributed by atoms with Gasteiger partial charge in [0.25, 0.3) is 0 Å². The molecular formula is C12H27NO. The topological polar surface area (TPSA) is 20.3 Å². The Morgan fingerprint density at radius 1 is 1.14 bits per heavy atom. The number of hydrogen-bond donors (Lipinski definition) is 0. The fourth-order valence-electron chi connectivity index (χ4n) is 1.47. The number of carbonyl (C=O) groups excluding carboxylic acids is 1. The molecule has 1 aliphatic heterocycles. The second kappa shape index (κ2) is 12.6. The molecule has 0 atom stereocenters. The molecule has 0 radical (unpaired) electrons. The molecule has 0 aliphatic carbocycles. The van der Waals surface area contributed by atoms with Crippen LogP contribution in [-0.2, 0) is 4.79 Å². The minimum atomic E-state index is 1.03. The van der Waals surface area contributed by atoms with Crippen LogP contribution in [0.5, 0.6) is 0 Å². The monoisotopic (exact) mass is 201 g/mol. The van der Waals surface area contributed by atoms with Gasteiger partial charge >= 0.3 is 0 Å². The van der Waals surface area contributed by atoms with Crippen molar-refractivity contribution in [2.75, 3.05) is 20.1 Å². The van der Waals surface area contributed by atoms with E-state index in [2.05, 4.69) is 32.7 Å². The van der Waals surface area contributed by atoms with Crippen molar-refractivity contribution >= 4 is 6.79 Å². The molecule has 0 bridgehead atoms. The maximum atomic E-state index is 8.00. The van der Waals surface area contributed by atoms with Crippen LogP contribution in [0.1, 0.15) is 46.5 Å². The van der Waals surface area contributed by atoms with Gasteiger partial charge in [-0.1, -0.05) is 33.6 Å². The Morgan fingerprint density at radius 2 is 1.50 bits per heavy atom. The normalized spacial score (nSPS) is 17.4. The van der Waals surface area contributed by atoms with Gasteiger partial charge in [0.15, 0.2) is 0 Å². The van der Waals surface area contributed by atoms with Crippen molar-refractivity contribution in [3.05, 3.63) is 0 Å². The van der Waals surface area contributed by atoms with E-state index in [9.17, 15) is 0 Å². The Kier molecular flexibility index (Phi) is 14.5.